The van der Waals surface area contributed by atoms with E-state index >= 15 is 0 Å². The summed E-state index contributed by atoms with van der Waals surface area (Å²) in [6.45, 7) is 0. The molecule has 0 saturated heterocycles. The second-order valence-electron chi connectivity index (χ2n) is 5.40. The van der Waals surface area contributed by atoms with Crippen LogP contribution >= 0.6 is 0 Å². The fourth-order valence-electron chi connectivity index (χ4n) is 2.13. The van der Waals surface area contributed by atoms with Crippen LogP contribution in [0.3, 0.4) is 0 Å². The molecule has 0 saturated carbocycles. The Morgan fingerprint density at radius 3 is 2.35 bits per heavy atom. The SMILES string of the molecule is CN(C)c1ccc([C@@H](C#N)NNC(=O)Cc2ccccc2)cc1. The van der Waals surface area contributed by atoms with Crippen molar-refractivity contribution in [3.8, 4) is 6.07 Å². The Bertz CT molecular complexity index is 674. The fraction of sp³-hybridized carbons (Fsp3) is 0.222. The van der Waals surface area contributed by atoms with Gasteiger partial charge in [0.15, 0.2) is 0 Å². The van der Waals surface area contributed by atoms with Crippen LogP contribution in [-0.4, -0.2) is 20.0 Å². The van der Waals surface area contributed by atoms with Crippen LogP contribution in [0.4, 0.5) is 5.69 Å². The van der Waals surface area contributed by atoms with Crippen molar-refractivity contribution in [2.45, 2.75) is 12.5 Å². The lowest BCUT2D eigenvalue weighted by atomic mass is 10.1. The summed E-state index contributed by atoms with van der Waals surface area (Å²) in [4.78, 5) is 13.9. The molecular weight excluding hydrogens is 288 g/mol. The molecule has 2 aromatic rings. The molecule has 118 valence electrons. The van der Waals surface area contributed by atoms with E-state index in [-0.39, 0.29) is 12.3 Å². The maximum absolute atomic E-state index is 11.9. The van der Waals surface area contributed by atoms with Crippen LogP contribution in [0.15, 0.2) is 54.6 Å². The Balaban J connectivity index is 1.92. The molecule has 5 heteroatoms. The average molecular weight is 308 g/mol. The van der Waals surface area contributed by atoms with Crippen molar-refractivity contribution in [2.24, 2.45) is 0 Å². The van der Waals surface area contributed by atoms with E-state index in [0.717, 1.165) is 16.8 Å². The third kappa shape index (κ3) is 4.83. The van der Waals surface area contributed by atoms with E-state index in [1.807, 2.05) is 73.6 Å². The maximum atomic E-state index is 11.9. The number of carbonyl (C=O) groups is 1. The number of hydrogen-bond donors (Lipinski definition) is 2. The molecule has 1 amide bonds. The Morgan fingerprint density at radius 1 is 1.13 bits per heavy atom. The molecule has 0 radical (unpaired) electrons. The number of amides is 1. The van der Waals surface area contributed by atoms with Gasteiger partial charge in [0, 0.05) is 19.8 Å². The van der Waals surface area contributed by atoms with Gasteiger partial charge in [0.05, 0.1) is 12.5 Å². The molecule has 23 heavy (non-hydrogen) atoms. The molecule has 2 N–H and O–H groups in total. The van der Waals surface area contributed by atoms with Crippen LogP contribution in [0.2, 0.25) is 0 Å². The first kappa shape index (κ1) is 16.5. The third-order valence-corrected chi connectivity index (χ3v) is 3.44. The predicted octanol–water partition coefficient (Wildman–Crippen LogP) is 2.18. The van der Waals surface area contributed by atoms with E-state index in [2.05, 4.69) is 16.9 Å². The molecule has 0 aromatic heterocycles. The number of hydrogen-bond acceptors (Lipinski definition) is 4. The molecule has 0 spiro atoms. The monoisotopic (exact) mass is 308 g/mol. The summed E-state index contributed by atoms with van der Waals surface area (Å²) in [6.07, 6.45) is 0.269. The van der Waals surface area contributed by atoms with Crippen molar-refractivity contribution in [2.75, 3.05) is 19.0 Å². The van der Waals surface area contributed by atoms with Crippen molar-refractivity contribution < 1.29 is 4.79 Å². The Morgan fingerprint density at radius 2 is 1.78 bits per heavy atom. The second-order valence-corrected chi connectivity index (χ2v) is 5.40. The van der Waals surface area contributed by atoms with Crippen molar-refractivity contribution in [3.05, 3.63) is 65.7 Å². The van der Waals surface area contributed by atoms with Gasteiger partial charge in [-0.25, -0.2) is 5.43 Å². The van der Waals surface area contributed by atoms with Crippen LogP contribution in [0.25, 0.3) is 0 Å². The van der Waals surface area contributed by atoms with E-state index < -0.39 is 6.04 Å². The number of nitrogens with one attached hydrogen (secondary N) is 2. The van der Waals surface area contributed by atoms with Gasteiger partial charge in [-0.1, -0.05) is 42.5 Å². The van der Waals surface area contributed by atoms with Gasteiger partial charge < -0.3 is 4.90 Å². The molecule has 2 rings (SSSR count). The van der Waals surface area contributed by atoms with E-state index in [1.54, 1.807) is 0 Å². The number of hydrazine groups is 1. The number of carbonyl (C=O) groups excluding carboxylic acids is 1. The van der Waals surface area contributed by atoms with Crippen LogP contribution in [0, 0.1) is 11.3 Å². The lowest BCUT2D eigenvalue weighted by Crippen LogP contribution is -2.40. The van der Waals surface area contributed by atoms with E-state index in [1.165, 1.54) is 0 Å². The zero-order valence-corrected chi connectivity index (χ0v) is 13.3. The molecule has 0 aliphatic heterocycles. The minimum atomic E-state index is -0.592. The largest absolute Gasteiger partial charge is 0.378 e. The maximum Gasteiger partial charge on any atom is 0.238 e. The first-order valence-electron chi connectivity index (χ1n) is 7.35. The summed E-state index contributed by atoms with van der Waals surface area (Å²) in [5, 5.41) is 9.29. The molecule has 0 aliphatic rings. The molecule has 0 bridgehead atoms. The molecule has 0 fully saturated rings. The molecule has 0 unspecified atom stereocenters. The van der Waals surface area contributed by atoms with Gasteiger partial charge in [0.25, 0.3) is 0 Å². The quantitative estimate of drug-likeness (QED) is 0.803. The van der Waals surface area contributed by atoms with Crippen molar-refractivity contribution in [1.82, 2.24) is 10.9 Å². The van der Waals surface area contributed by atoms with Crippen molar-refractivity contribution in [1.29, 1.82) is 5.26 Å². The summed E-state index contributed by atoms with van der Waals surface area (Å²) in [7, 11) is 3.91. The minimum absolute atomic E-state index is 0.179. The summed E-state index contributed by atoms with van der Waals surface area (Å²) in [5.74, 6) is -0.179. The number of rotatable bonds is 6. The number of nitrogens with zero attached hydrogens (tertiary/aromatic N) is 2. The van der Waals surface area contributed by atoms with E-state index in [9.17, 15) is 10.1 Å². The molecule has 1 atom stereocenters. The summed E-state index contributed by atoms with van der Waals surface area (Å²) >= 11 is 0. The lowest BCUT2D eigenvalue weighted by Gasteiger charge is -2.16. The highest BCUT2D eigenvalue weighted by Crippen LogP contribution is 2.17. The Kier molecular flexibility index (Phi) is 5.73. The van der Waals surface area contributed by atoms with Crippen LogP contribution in [0.1, 0.15) is 17.2 Å². The van der Waals surface area contributed by atoms with Gasteiger partial charge in [0.2, 0.25) is 5.91 Å². The summed E-state index contributed by atoms with van der Waals surface area (Å²) in [6, 6.07) is 18.6. The van der Waals surface area contributed by atoms with Crippen LogP contribution in [0.5, 0.6) is 0 Å². The molecule has 0 heterocycles. The molecule has 5 nitrogen and oxygen atoms in total. The van der Waals surface area contributed by atoms with E-state index in [4.69, 9.17) is 0 Å². The first-order valence-corrected chi connectivity index (χ1v) is 7.35. The van der Waals surface area contributed by atoms with Gasteiger partial charge in [-0.2, -0.15) is 5.26 Å². The van der Waals surface area contributed by atoms with Crippen molar-refractivity contribution >= 4 is 11.6 Å². The summed E-state index contributed by atoms with van der Waals surface area (Å²) in [5.41, 5.74) is 8.16. The van der Waals surface area contributed by atoms with Gasteiger partial charge >= 0.3 is 0 Å². The number of nitriles is 1. The highest BCUT2D eigenvalue weighted by molar-refractivity contribution is 5.78. The predicted molar refractivity (Wildman–Crippen MR) is 90.5 cm³/mol. The molecular formula is C18H20N4O. The number of anilines is 1. The van der Waals surface area contributed by atoms with Crippen LogP contribution < -0.4 is 15.8 Å². The second kappa shape index (κ2) is 7.97. The van der Waals surface area contributed by atoms with Gasteiger partial charge in [0.1, 0.15) is 6.04 Å². The zero-order valence-electron chi connectivity index (χ0n) is 13.3. The molecule has 2 aromatic carbocycles. The topological polar surface area (TPSA) is 68.2 Å². The van der Waals surface area contributed by atoms with Crippen molar-refractivity contribution in [3.63, 3.8) is 0 Å². The Labute approximate surface area is 136 Å². The molecule has 0 aliphatic carbocycles. The zero-order chi connectivity index (χ0) is 16.7. The number of benzene rings is 2. The first-order chi connectivity index (χ1) is 11.1. The third-order valence-electron chi connectivity index (χ3n) is 3.44. The van der Waals surface area contributed by atoms with Gasteiger partial charge in [-0.05, 0) is 23.3 Å². The normalized spacial score (nSPS) is 11.3. The van der Waals surface area contributed by atoms with E-state index in [0.29, 0.717) is 0 Å². The smallest absolute Gasteiger partial charge is 0.238 e. The summed E-state index contributed by atoms with van der Waals surface area (Å²) < 4.78 is 0. The minimum Gasteiger partial charge on any atom is -0.378 e. The van der Waals surface area contributed by atoms with Gasteiger partial charge in [-0.15, -0.1) is 0 Å². The standard InChI is InChI=1S/C18H20N4O/c1-22(2)16-10-8-15(9-11-16)17(13-19)20-21-18(23)12-14-6-4-3-5-7-14/h3-11,17,20H,12H2,1-2H3,(H,21,23)/t17-/m1/s1. The Hall–Kier alpha value is -2.84. The fourth-order valence-corrected chi connectivity index (χ4v) is 2.13. The van der Waals surface area contributed by atoms with Gasteiger partial charge in [-0.3, -0.25) is 10.2 Å². The lowest BCUT2D eigenvalue weighted by molar-refractivity contribution is -0.121. The average Bonchev–Trinajstić information content (AvgIpc) is 2.56. The highest BCUT2D eigenvalue weighted by Gasteiger charge is 2.11. The highest BCUT2D eigenvalue weighted by atomic mass is 16.2. The van der Waals surface area contributed by atoms with Crippen LogP contribution in [-0.2, 0) is 11.2 Å².